The zero-order chi connectivity index (χ0) is 23.2. The third-order valence-electron chi connectivity index (χ3n) is 5.50. The van der Waals surface area contributed by atoms with Crippen LogP contribution in [-0.4, -0.2) is 58.6 Å². The number of rotatable bonds is 9. The number of carbonyl (C=O) groups is 3. The van der Waals surface area contributed by atoms with E-state index in [-0.39, 0.29) is 24.2 Å². The van der Waals surface area contributed by atoms with Gasteiger partial charge in [-0.15, -0.1) is 6.58 Å². The molecule has 1 saturated carbocycles. The lowest BCUT2D eigenvalue weighted by Crippen LogP contribution is -2.54. The summed E-state index contributed by atoms with van der Waals surface area (Å²) in [7, 11) is 0. The van der Waals surface area contributed by atoms with Gasteiger partial charge in [-0.3, -0.25) is 4.79 Å². The van der Waals surface area contributed by atoms with E-state index in [1.54, 1.807) is 13.0 Å². The smallest absolute Gasteiger partial charge is 0.333 e. The minimum absolute atomic E-state index is 0.113. The summed E-state index contributed by atoms with van der Waals surface area (Å²) < 4.78 is 10.3. The lowest BCUT2D eigenvalue weighted by Gasteiger charge is -2.50. The van der Waals surface area contributed by atoms with Crippen molar-refractivity contribution in [3.05, 3.63) is 48.6 Å². The molecule has 166 valence electrons. The van der Waals surface area contributed by atoms with Crippen LogP contribution in [0.25, 0.3) is 0 Å². The molecule has 0 saturated heterocycles. The van der Waals surface area contributed by atoms with Crippen molar-refractivity contribution in [1.82, 2.24) is 0 Å². The van der Waals surface area contributed by atoms with Crippen molar-refractivity contribution in [3.63, 3.8) is 0 Å². The highest BCUT2D eigenvalue weighted by Crippen LogP contribution is 2.50. The van der Waals surface area contributed by atoms with Crippen molar-refractivity contribution in [2.24, 2.45) is 17.3 Å². The van der Waals surface area contributed by atoms with E-state index >= 15 is 0 Å². The number of carboxylic acids is 1. The quantitative estimate of drug-likeness (QED) is 0.291. The van der Waals surface area contributed by atoms with Crippen molar-refractivity contribution < 1.29 is 39.2 Å². The van der Waals surface area contributed by atoms with E-state index < -0.39 is 54.0 Å². The van der Waals surface area contributed by atoms with Crippen LogP contribution in [0, 0.1) is 17.3 Å². The molecule has 5 unspecified atom stereocenters. The standard InChI is InChI=1S/C22H30O8/c1-7-22(6)10-16(30-21(28)12(2)8-9-29-15(5)24)17(14(4)20(26)27)19(25)18(22)13(3)11-23/h7-8,16-19,23,25H,1,3-4,9-11H2,2,5-6H3,(H,26,27)/b12-8-. The first kappa shape index (κ1) is 25.3. The van der Waals surface area contributed by atoms with Gasteiger partial charge in [0.05, 0.1) is 18.6 Å². The minimum atomic E-state index is -1.34. The predicted molar refractivity (Wildman–Crippen MR) is 109 cm³/mol. The Balaban J connectivity index is 3.26. The van der Waals surface area contributed by atoms with Crippen LogP contribution in [0.3, 0.4) is 0 Å². The number of ether oxygens (including phenoxy) is 2. The lowest BCUT2D eigenvalue weighted by molar-refractivity contribution is -0.161. The molecule has 1 rings (SSSR count). The monoisotopic (exact) mass is 422 g/mol. The van der Waals surface area contributed by atoms with Crippen LogP contribution in [0.4, 0.5) is 0 Å². The number of aliphatic hydroxyl groups is 2. The maximum atomic E-state index is 12.5. The average molecular weight is 422 g/mol. The van der Waals surface area contributed by atoms with Crippen LogP contribution < -0.4 is 0 Å². The predicted octanol–water partition coefficient (Wildman–Crippen LogP) is 1.79. The summed E-state index contributed by atoms with van der Waals surface area (Å²) in [6, 6.07) is 0. The number of aliphatic carboxylic acids is 1. The van der Waals surface area contributed by atoms with Gasteiger partial charge in [0.25, 0.3) is 0 Å². The molecule has 0 aliphatic heterocycles. The second-order valence-corrected chi connectivity index (χ2v) is 7.69. The zero-order valence-electron chi connectivity index (χ0n) is 17.6. The van der Waals surface area contributed by atoms with Gasteiger partial charge in [-0.05, 0) is 30.4 Å². The van der Waals surface area contributed by atoms with E-state index in [0.29, 0.717) is 5.57 Å². The van der Waals surface area contributed by atoms with E-state index in [4.69, 9.17) is 9.47 Å². The highest BCUT2D eigenvalue weighted by atomic mass is 16.5. The summed E-state index contributed by atoms with van der Waals surface area (Å²) in [6.07, 6.45) is 0.739. The number of allylic oxidation sites excluding steroid dienone is 1. The summed E-state index contributed by atoms with van der Waals surface area (Å²) >= 11 is 0. The topological polar surface area (TPSA) is 130 Å². The second kappa shape index (κ2) is 10.4. The summed E-state index contributed by atoms with van der Waals surface area (Å²) in [6.45, 7) is 15.1. The fraction of sp³-hybridized carbons (Fsp3) is 0.500. The molecule has 3 N–H and O–H groups in total. The molecule has 0 spiro atoms. The number of aliphatic hydroxyl groups excluding tert-OH is 2. The van der Waals surface area contributed by atoms with Gasteiger partial charge in [0, 0.05) is 24.0 Å². The van der Waals surface area contributed by atoms with Crippen LogP contribution in [0.15, 0.2) is 48.6 Å². The second-order valence-electron chi connectivity index (χ2n) is 7.69. The first-order valence-electron chi connectivity index (χ1n) is 9.43. The van der Waals surface area contributed by atoms with Crippen LogP contribution in [0.5, 0.6) is 0 Å². The van der Waals surface area contributed by atoms with Gasteiger partial charge in [-0.2, -0.15) is 0 Å². The van der Waals surface area contributed by atoms with Crippen molar-refractivity contribution in [1.29, 1.82) is 0 Å². The van der Waals surface area contributed by atoms with Crippen molar-refractivity contribution >= 4 is 17.9 Å². The van der Waals surface area contributed by atoms with Gasteiger partial charge >= 0.3 is 17.9 Å². The maximum Gasteiger partial charge on any atom is 0.333 e. The van der Waals surface area contributed by atoms with Crippen LogP contribution in [0.2, 0.25) is 0 Å². The van der Waals surface area contributed by atoms with Crippen LogP contribution in [0.1, 0.15) is 27.2 Å². The summed E-state index contributed by atoms with van der Waals surface area (Å²) in [5.41, 5.74) is -0.666. The highest BCUT2D eigenvalue weighted by Gasteiger charge is 2.53. The molecule has 0 aromatic heterocycles. The lowest BCUT2D eigenvalue weighted by atomic mass is 9.58. The zero-order valence-corrected chi connectivity index (χ0v) is 17.6. The van der Waals surface area contributed by atoms with Gasteiger partial charge in [0.15, 0.2) is 0 Å². The SMILES string of the molecule is C=CC1(C)CC(OC(=O)/C(C)=C\COC(C)=O)C(C(=C)C(=O)O)C(O)C1C(=C)CO. The number of hydrogen-bond acceptors (Lipinski definition) is 7. The molecule has 8 nitrogen and oxygen atoms in total. The third kappa shape index (κ3) is 5.67. The third-order valence-corrected chi connectivity index (χ3v) is 5.50. The Morgan fingerprint density at radius 1 is 1.23 bits per heavy atom. The molecule has 0 heterocycles. The molecular formula is C22H30O8. The van der Waals surface area contributed by atoms with Gasteiger partial charge in [-0.25, -0.2) is 9.59 Å². The van der Waals surface area contributed by atoms with E-state index in [2.05, 4.69) is 19.7 Å². The molecule has 1 fully saturated rings. The molecule has 1 aliphatic carbocycles. The van der Waals surface area contributed by atoms with E-state index in [9.17, 15) is 29.7 Å². The maximum absolute atomic E-state index is 12.5. The average Bonchev–Trinajstić information content (AvgIpc) is 2.66. The van der Waals surface area contributed by atoms with E-state index in [1.165, 1.54) is 19.9 Å². The summed E-state index contributed by atoms with van der Waals surface area (Å²) in [5.74, 6) is -4.41. The fourth-order valence-electron chi connectivity index (χ4n) is 3.81. The Morgan fingerprint density at radius 3 is 2.30 bits per heavy atom. The molecule has 0 amide bonds. The van der Waals surface area contributed by atoms with Gasteiger partial charge in [-0.1, -0.05) is 26.2 Å². The number of esters is 2. The Hall–Kier alpha value is -2.71. The highest BCUT2D eigenvalue weighted by molar-refractivity contribution is 5.89. The van der Waals surface area contributed by atoms with Gasteiger partial charge < -0.3 is 24.8 Å². The molecule has 5 atom stereocenters. The molecule has 1 aliphatic rings. The number of hydrogen-bond donors (Lipinski definition) is 3. The first-order chi connectivity index (χ1) is 13.9. The summed E-state index contributed by atoms with van der Waals surface area (Å²) in [4.78, 5) is 35.0. The first-order valence-corrected chi connectivity index (χ1v) is 9.43. The van der Waals surface area contributed by atoms with Crippen molar-refractivity contribution in [2.75, 3.05) is 13.2 Å². The van der Waals surface area contributed by atoms with Crippen LogP contribution >= 0.6 is 0 Å². The fourth-order valence-corrected chi connectivity index (χ4v) is 3.81. The number of carboxylic acid groups (broad SMARTS) is 1. The Morgan fingerprint density at radius 2 is 1.83 bits per heavy atom. The normalized spacial score (nSPS) is 28.9. The van der Waals surface area contributed by atoms with E-state index in [0.717, 1.165) is 0 Å². The minimum Gasteiger partial charge on any atom is -0.478 e. The molecule has 0 aromatic rings. The molecule has 30 heavy (non-hydrogen) atoms. The largest absolute Gasteiger partial charge is 0.478 e. The molecular weight excluding hydrogens is 392 g/mol. The summed E-state index contributed by atoms with van der Waals surface area (Å²) in [5, 5.41) is 30.0. The molecule has 0 bridgehead atoms. The Bertz CT molecular complexity index is 765. The molecule has 0 aromatic carbocycles. The van der Waals surface area contributed by atoms with Crippen molar-refractivity contribution in [3.8, 4) is 0 Å². The van der Waals surface area contributed by atoms with Crippen LogP contribution in [-0.2, 0) is 23.9 Å². The molecule has 8 heteroatoms. The van der Waals surface area contributed by atoms with Gasteiger partial charge in [0.2, 0.25) is 0 Å². The Kier molecular flexibility index (Phi) is 8.74. The molecule has 0 radical (unpaired) electrons. The number of carbonyl (C=O) groups excluding carboxylic acids is 2. The van der Waals surface area contributed by atoms with E-state index in [1.807, 2.05) is 0 Å². The van der Waals surface area contributed by atoms with Gasteiger partial charge in [0.1, 0.15) is 12.7 Å². The van der Waals surface area contributed by atoms with Crippen molar-refractivity contribution in [2.45, 2.75) is 39.4 Å². The Labute approximate surface area is 176 Å².